The minimum atomic E-state index is -0.557. The molecule has 1 aromatic carbocycles. The number of rotatable bonds is 4. The zero-order valence-electron chi connectivity index (χ0n) is 14.7. The van der Waals surface area contributed by atoms with Gasteiger partial charge in [0.25, 0.3) is 0 Å². The highest BCUT2D eigenvalue weighted by Gasteiger charge is 2.40. The predicted octanol–water partition coefficient (Wildman–Crippen LogP) is 1.46. The molecule has 6 nitrogen and oxygen atoms in total. The molecule has 1 heterocycles. The first-order valence-electron chi connectivity index (χ1n) is 8.06. The van der Waals surface area contributed by atoms with Crippen LogP contribution in [0.1, 0.15) is 32.8 Å². The van der Waals surface area contributed by atoms with Crippen LogP contribution in [0, 0.1) is 12.8 Å². The van der Waals surface area contributed by atoms with Crippen LogP contribution >= 0.6 is 0 Å². The van der Waals surface area contributed by atoms with Gasteiger partial charge in [0.05, 0.1) is 12.5 Å². The number of carbonyl (C=O) groups excluding carboxylic acids is 3. The lowest BCUT2D eigenvalue weighted by molar-refractivity contribution is -0.143. The first-order chi connectivity index (χ1) is 11.1. The summed E-state index contributed by atoms with van der Waals surface area (Å²) in [6.07, 6.45) is 0.151. The number of primary amides is 1. The fourth-order valence-corrected chi connectivity index (χ4v) is 2.87. The molecule has 0 bridgehead atoms. The van der Waals surface area contributed by atoms with Gasteiger partial charge in [0.15, 0.2) is 0 Å². The quantitative estimate of drug-likeness (QED) is 0.906. The summed E-state index contributed by atoms with van der Waals surface area (Å²) >= 11 is 0. The molecular weight excluding hydrogens is 306 g/mol. The van der Waals surface area contributed by atoms with Gasteiger partial charge in [0.2, 0.25) is 17.7 Å². The summed E-state index contributed by atoms with van der Waals surface area (Å²) in [5.41, 5.74) is 6.64. The van der Waals surface area contributed by atoms with E-state index in [0.29, 0.717) is 6.54 Å². The highest BCUT2D eigenvalue weighted by molar-refractivity contribution is 6.00. The summed E-state index contributed by atoms with van der Waals surface area (Å²) in [5, 5.41) is 0. The van der Waals surface area contributed by atoms with Crippen LogP contribution < -0.4 is 10.6 Å². The van der Waals surface area contributed by atoms with E-state index >= 15 is 0 Å². The number of aryl methyl sites for hydroxylation is 1. The second-order valence-electron chi connectivity index (χ2n) is 7.30. The van der Waals surface area contributed by atoms with Crippen molar-refractivity contribution in [1.82, 2.24) is 4.90 Å². The summed E-state index contributed by atoms with van der Waals surface area (Å²) in [7, 11) is 0. The minimum absolute atomic E-state index is 0.0786. The largest absolute Gasteiger partial charge is 0.368 e. The van der Waals surface area contributed by atoms with Gasteiger partial charge in [0.1, 0.15) is 0 Å². The Morgan fingerprint density at radius 3 is 2.33 bits per heavy atom. The Morgan fingerprint density at radius 2 is 1.83 bits per heavy atom. The Kier molecular flexibility index (Phi) is 4.96. The molecule has 0 unspecified atom stereocenters. The number of anilines is 1. The first kappa shape index (κ1) is 18.0. The van der Waals surface area contributed by atoms with Crippen LogP contribution in [0.4, 0.5) is 5.69 Å². The average Bonchev–Trinajstić information content (AvgIpc) is 2.85. The molecule has 1 fully saturated rings. The Labute approximate surface area is 142 Å². The highest BCUT2D eigenvalue weighted by atomic mass is 16.2. The molecule has 0 spiro atoms. The van der Waals surface area contributed by atoms with Gasteiger partial charge in [0, 0.05) is 24.2 Å². The summed E-state index contributed by atoms with van der Waals surface area (Å²) in [6.45, 7) is 7.71. The number of hydrogen-bond donors (Lipinski definition) is 1. The Balaban J connectivity index is 2.17. The second-order valence-corrected chi connectivity index (χ2v) is 7.30. The molecule has 3 amide bonds. The van der Waals surface area contributed by atoms with Crippen molar-refractivity contribution in [2.75, 3.05) is 18.0 Å². The maximum Gasteiger partial charge on any atom is 0.237 e. The van der Waals surface area contributed by atoms with Gasteiger partial charge in [-0.15, -0.1) is 0 Å². The Hall–Kier alpha value is -2.37. The smallest absolute Gasteiger partial charge is 0.237 e. The van der Waals surface area contributed by atoms with E-state index in [4.69, 9.17) is 5.73 Å². The number of hydrogen-bond acceptors (Lipinski definition) is 3. The molecule has 1 saturated heterocycles. The number of amides is 3. The van der Waals surface area contributed by atoms with Crippen molar-refractivity contribution >= 4 is 23.4 Å². The lowest BCUT2D eigenvalue weighted by atomic mass is 10.0. The van der Waals surface area contributed by atoms with Crippen LogP contribution in [-0.2, 0) is 14.4 Å². The lowest BCUT2D eigenvalue weighted by Crippen LogP contribution is -2.52. The van der Waals surface area contributed by atoms with Gasteiger partial charge in [-0.1, -0.05) is 17.7 Å². The standard InChI is InChI=1S/C18H25N3O3/c1-12-5-7-14(8-6-12)20-10-13(9-16(20)23)17(24)21(11-15(19)22)18(2,3)4/h5-8,13H,9-11H2,1-4H3,(H2,19,22)/t13-/m1/s1. The summed E-state index contributed by atoms with van der Waals surface area (Å²) in [5.74, 6) is -1.30. The molecule has 1 aliphatic rings. The SMILES string of the molecule is Cc1ccc(N2C[C@H](C(=O)N(CC(N)=O)C(C)(C)C)CC2=O)cc1. The molecule has 2 N–H and O–H groups in total. The van der Waals surface area contributed by atoms with E-state index in [-0.39, 0.29) is 24.8 Å². The first-order valence-corrected chi connectivity index (χ1v) is 8.06. The van der Waals surface area contributed by atoms with Gasteiger partial charge in [-0.2, -0.15) is 0 Å². The number of nitrogens with two attached hydrogens (primary N) is 1. The van der Waals surface area contributed by atoms with Crippen molar-refractivity contribution in [2.45, 2.75) is 39.7 Å². The molecule has 130 valence electrons. The van der Waals surface area contributed by atoms with Gasteiger partial charge < -0.3 is 15.5 Å². The van der Waals surface area contributed by atoms with E-state index in [1.54, 1.807) is 4.90 Å². The fourth-order valence-electron chi connectivity index (χ4n) is 2.87. The molecule has 0 radical (unpaired) electrons. The summed E-state index contributed by atoms with van der Waals surface area (Å²) in [6, 6.07) is 7.63. The zero-order chi connectivity index (χ0) is 18.1. The van der Waals surface area contributed by atoms with E-state index in [1.807, 2.05) is 52.0 Å². The van der Waals surface area contributed by atoms with Crippen molar-refractivity contribution in [3.8, 4) is 0 Å². The number of carbonyl (C=O) groups is 3. The maximum absolute atomic E-state index is 12.8. The molecule has 2 rings (SSSR count). The molecule has 0 saturated carbocycles. The van der Waals surface area contributed by atoms with Crippen molar-refractivity contribution in [3.63, 3.8) is 0 Å². The molecule has 1 aromatic rings. The number of nitrogens with zero attached hydrogens (tertiary/aromatic N) is 2. The van der Waals surface area contributed by atoms with E-state index in [2.05, 4.69) is 0 Å². The second kappa shape index (κ2) is 6.63. The van der Waals surface area contributed by atoms with E-state index in [9.17, 15) is 14.4 Å². The normalized spacial score (nSPS) is 17.9. The third kappa shape index (κ3) is 3.93. The molecule has 1 aliphatic heterocycles. The van der Waals surface area contributed by atoms with E-state index < -0.39 is 17.4 Å². The predicted molar refractivity (Wildman–Crippen MR) is 92.3 cm³/mol. The molecule has 24 heavy (non-hydrogen) atoms. The highest BCUT2D eigenvalue weighted by Crippen LogP contribution is 2.28. The third-order valence-corrected chi connectivity index (χ3v) is 4.21. The molecule has 0 aromatic heterocycles. The van der Waals surface area contributed by atoms with Crippen LogP contribution in [0.15, 0.2) is 24.3 Å². The molecular formula is C18H25N3O3. The maximum atomic E-state index is 12.8. The zero-order valence-corrected chi connectivity index (χ0v) is 14.7. The molecule has 1 atom stereocenters. The monoisotopic (exact) mass is 331 g/mol. The lowest BCUT2D eigenvalue weighted by Gasteiger charge is -2.36. The van der Waals surface area contributed by atoms with Crippen molar-refractivity contribution < 1.29 is 14.4 Å². The third-order valence-electron chi connectivity index (χ3n) is 4.21. The molecule has 0 aliphatic carbocycles. The topological polar surface area (TPSA) is 83.7 Å². The van der Waals surface area contributed by atoms with Gasteiger partial charge in [-0.3, -0.25) is 14.4 Å². The summed E-state index contributed by atoms with van der Waals surface area (Å²) in [4.78, 5) is 39.6. The molecule has 6 heteroatoms. The van der Waals surface area contributed by atoms with E-state index in [0.717, 1.165) is 11.3 Å². The van der Waals surface area contributed by atoms with E-state index in [1.165, 1.54) is 4.90 Å². The number of benzene rings is 1. The Morgan fingerprint density at radius 1 is 1.25 bits per heavy atom. The van der Waals surface area contributed by atoms with Gasteiger partial charge in [-0.05, 0) is 39.8 Å². The van der Waals surface area contributed by atoms with Gasteiger partial charge >= 0.3 is 0 Å². The minimum Gasteiger partial charge on any atom is -0.368 e. The fraction of sp³-hybridized carbons (Fsp3) is 0.500. The van der Waals surface area contributed by atoms with Crippen LogP contribution in [0.25, 0.3) is 0 Å². The average molecular weight is 331 g/mol. The van der Waals surface area contributed by atoms with Crippen LogP contribution in [0.5, 0.6) is 0 Å². The van der Waals surface area contributed by atoms with Crippen molar-refractivity contribution in [1.29, 1.82) is 0 Å². The summed E-state index contributed by atoms with van der Waals surface area (Å²) < 4.78 is 0. The van der Waals surface area contributed by atoms with Crippen molar-refractivity contribution in [2.24, 2.45) is 11.7 Å². The van der Waals surface area contributed by atoms with Gasteiger partial charge in [-0.25, -0.2) is 0 Å². The van der Waals surface area contributed by atoms with Crippen molar-refractivity contribution in [3.05, 3.63) is 29.8 Å². The Bertz CT molecular complexity index is 646. The van der Waals surface area contributed by atoms with Crippen LogP contribution in [0.2, 0.25) is 0 Å². The van der Waals surface area contributed by atoms with Crippen LogP contribution in [-0.4, -0.2) is 41.2 Å². The van der Waals surface area contributed by atoms with Crippen LogP contribution in [0.3, 0.4) is 0 Å².